The summed E-state index contributed by atoms with van der Waals surface area (Å²) in [7, 11) is 1.31. The number of allylic oxidation sites excluding steroid dienone is 1. The summed E-state index contributed by atoms with van der Waals surface area (Å²) < 4.78 is 4.49. The van der Waals surface area contributed by atoms with E-state index in [4.69, 9.17) is 4.99 Å². The Balaban J connectivity index is 0.000000145. The number of methoxy groups -OCH3 is 1. The predicted octanol–water partition coefficient (Wildman–Crippen LogP) is 17.7. The summed E-state index contributed by atoms with van der Waals surface area (Å²) >= 11 is 0. The molecular weight excluding hydrogens is 1530 g/mol. The first-order valence-corrected chi connectivity index (χ1v) is 39.8. The largest absolute Gasteiger partial charge is 2.00 e. The van der Waals surface area contributed by atoms with Crippen LogP contribution in [0.5, 0.6) is 0 Å². The number of carbonyl (C=O) groups is 3. The van der Waals surface area contributed by atoms with Gasteiger partial charge < -0.3 is 25.1 Å². The second-order valence-electron chi connectivity index (χ2n) is 37.9. The summed E-state index contributed by atoms with van der Waals surface area (Å²) in [4.78, 5) is 85.8. The van der Waals surface area contributed by atoms with Crippen LogP contribution in [0.4, 0.5) is 0 Å². The fourth-order valence-electron chi connectivity index (χ4n) is 19.3. The monoisotopic (exact) mass is 1650 g/mol. The number of fused-ring (bicyclic) bond motifs is 15. The van der Waals surface area contributed by atoms with Crippen LogP contribution in [0.2, 0.25) is 0 Å². The van der Waals surface area contributed by atoms with Gasteiger partial charge in [-0.25, -0.2) is 54.6 Å². The Morgan fingerprint density at radius 2 is 0.824 bits per heavy atom. The second kappa shape index (κ2) is 32.2. The van der Waals surface area contributed by atoms with Crippen molar-refractivity contribution in [2.24, 2.45) is 85.3 Å². The third-order valence-corrected chi connectivity index (χ3v) is 26.3. The van der Waals surface area contributed by atoms with Crippen molar-refractivity contribution >= 4 is 28.8 Å². The number of nitrogens with zero attached hydrogens (tertiary/aromatic N) is 15. The minimum atomic E-state index is -0.607. The SMILES string of the molecule is CC(C)Cc1cnc(-c2[n-]nc3c2C2CCC3(C)C2(C)C)nc1.CC(C)Cc1cnc(-c2[n-]nc3c2C2CCC3(C)C2(C)C)nc1.CC(C)Cc1cnc(C(=O)C2C(=O)C(C)CCC2C(C)(C)C)nc1.CC(C)Cc1cnc(C2=C3C(=NC2)C2(C)CCC3C2(C)C)nc1.COC(=O)c1ncc(CC(C)C)cn1.[Pt+2]. The molecule has 0 radical (unpaired) electrons. The zero-order chi connectivity index (χ0) is 77.8. The van der Waals surface area contributed by atoms with Crippen molar-refractivity contribution in [2.45, 2.75) is 265 Å². The summed E-state index contributed by atoms with van der Waals surface area (Å²) in [5.74, 6) is 6.04. The van der Waals surface area contributed by atoms with Crippen LogP contribution >= 0.6 is 0 Å². The first kappa shape index (κ1) is 83.2. The van der Waals surface area contributed by atoms with Crippen molar-refractivity contribution in [1.82, 2.24) is 70.2 Å². The average Bonchev–Trinajstić information content (AvgIpc) is 1.54. The Bertz CT molecular complexity index is 4260. The molecule has 1 aliphatic heterocycles. The van der Waals surface area contributed by atoms with E-state index in [2.05, 4.69) is 227 Å². The standard InChI is InChI=1S/C20H27N3.C20H30N2O2.2C19H25N4.C10H14N2O2.Pt/c1-12(2)8-13-9-22-18(23-10-13)14-11-21-17-16(14)15-6-7-20(17,5)19(15,3)4;1-12(2)9-14-10-21-19(22-11-14)18(24)16-15(20(4,5)6)8-7-13(3)17(16)23;2*1-11(2)8-12-9-20-17(21-10-12)15-14-13-6-7-19(5,18(13,3)4)16(14)23-22-15;1-7(2)4-8-5-11-9(12-6-8)10(13)14-3;/h9-10,12,15H,6-8,11H2,1-5H3;10-13,15-16H,7-9H2,1-6H3;2*9-11,13H,6-8H2,1-5H3;5-7H,4H2,1-3H3;/q;;2*-1;;+2. The van der Waals surface area contributed by atoms with Gasteiger partial charge in [-0.2, -0.15) is 0 Å². The first-order chi connectivity index (χ1) is 50.3. The molecule has 0 aromatic carbocycles. The zero-order valence-electron chi connectivity index (χ0n) is 69.2. The summed E-state index contributed by atoms with van der Waals surface area (Å²) in [6, 6.07) is 0. The number of aromatic nitrogens is 14. The number of ether oxygens (including phenoxy) is 1. The summed E-state index contributed by atoms with van der Waals surface area (Å²) in [5.41, 5.74) is 17.9. The molecule has 8 heterocycles. The molecule has 7 aliphatic carbocycles. The van der Waals surface area contributed by atoms with Gasteiger partial charge in [-0.15, -0.1) is 0 Å². The Kier molecular flexibility index (Phi) is 24.8. The minimum absolute atomic E-state index is 0. The van der Waals surface area contributed by atoms with E-state index >= 15 is 0 Å². The van der Waals surface area contributed by atoms with Crippen LogP contribution < -0.4 is 10.2 Å². The van der Waals surface area contributed by atoms with Crippen molar-refractivity contribution in [2.75, 3.05) is 13.7 Å². The molecule has 19 nitrogen and oxygen atoms in total. The van der Waals surface area contributed by atoms with Crippen molar-refractivity contribution in [1.29, 1.82) is 0 Å². The quantitative estimate of drug-likeness (QED) is 0.0495. The fraction of sp³-hybridized carbons (Fsp3) is 0.636. The number of rotatable bonds is 16. The normalized spacial score (nSPS) is 25.3. The van der Waals surface area contributed by atoms with Gasteiger partial charge in [0.2, 0.25) is 11.6 Å². The molecule has 6 bridgehead atoms. The third kappa shape index (κ3) is 15.9. The Labute approximate surface area is 658 Å². The van der Waals surface area contributed by atoms with Crippen LogP contribution in [0.25, 0.3) is 28.6 Å². The molecule has 8 aliphatic rings. The molecule has 20 heteroatoms. The third-order valence-electron chi connectivity index (χ3n) is 26.3. The maximum absolute atomic E-state index is 13.0. The van der Waals surface area contributed by atoms with Crippen LogP contribution in [-0.2, 0) is 73.5 Å². The number of hydrogen-bond donors (Lipinski definition) is 0. The maximum atomic E-state index is 13.0. The fourth-order valence-corrected chi connectivity index (χ4v) is 19.3. The van der Waals surface area contributed by atoms with Gasteiger partial charge in [-0.05, 0) is 203 Å². The number of carbonyl (C=O) groups excluding carboxylic acids is 3. The molecule has 9 atom stereocenters. The zero-order valence-corrected chi connectivity index (χ0v) is 71.5. The molecule has 0 N–H and O–H groups in total. The average molecular weight is 1650 g/mol. The van der Waals surface area contributed by atoms with Gasteiger partial charge in [0, 0.05) is 107 Å². The van der Waals surface area contributed by atoms with Crippen molar-refractivity contribution in [3.05, 3.63) is 135 Å². The first-order valence-electron chi connectivity index (χ1n) is 39.8. The van der Waals surface area contributed by atoms with Crippen LogP contribution in [0.1, 0.15) is 300 Å². The maximum Gasteiger partial charge on any atom is 2.00 e. The van der Waals surface area contributed by atoms with Crippen molar-refractivity contribution in [3.8, 4) is 23.0 Å². The van der Waals surface area contributed by atoms with Crippen LogP contribution in [0.3, 0.4) is 0 Å². The molecule has 7 aromatic heterocycles. The van der Waals surface area contributed by atoms with E-state index in [0.29, 0.717) is 52.8 Å². The molecule has 15 rings (SSSR count). The van der Waals surface area contributed by atoms with Crippen LogP contribution in [0, 0.1) is 80.3 Å². The predicted molar refractivity (Wildman–Crippen MR) is 422 cm³/mol. The number of aliphatic imine (C=N–C) groups is 1. The molecule has 9 unspecified atom stereocenters. The number of ketones is 2. The molecule has 5 saturated carbocycles. The summed E-state index contributed by atoms with van der Waals surface area (Å²) in [6.07, 6.45) is 32.7. The van der Waals surface area contributed by atoms with Crippen molar-refractivity contribution in [3.63, 3.8) is 0 Å². The van der Waals surface area contributed by atoms with Crippen LogP contribution in [-0.4, -0.2) is 96.9 Å². The van der Waals surface area contributed by atoms with E-state index in [1.165, 1.54) is 102 Å². The Morgan fingerprint density at radius 1 is 0.481 bits per heavy atom. The van der Waals surface area contributed by atoms with Gasteiger partial charge in [0.1, 0.15) is 17.4 Å². The van der Waals surface area contributed by atoms with E-state index in [1.54, 1.807) is 24.8 Å². The number of esters is 1. The van der Waals surface area contributed by atoms with Gasteiger partial charge in [0.25, 0.3) is 0 Å². The molecule has 108 heavy (non-hydrogen) atoms. The molecular formula is C88H121N15O4Pt. The van der Waals surface area contributed by atoms with E-state index < -0.39 is 11.9 Å². The van der Waals surface area contributed by atoms with E-state index in [1.807, 2.05) is 44.1 Å². The second-order valence-corrected chi connectivity index (χ2v) is 37.9. The summed E-state index contributed by atoms with van der Waals surface area (Å²) in [6.45, 7) is 52.3. The minimum Gasteiger partial charge on any atom is -0.572 e. The molecule has 5 fully saturated rings. The molecule has 0 spiro atoms. The van der Waals surface area contributed by atoms with Gasteiger partial charge in [0.05, 0.1) is 19.6 Å². The van der Waals surface area contributed by atoms with Gasteiger partial charge in [-0.3, -0.25) is 14.6 Å². The summed E-state index contributed by atoms with van der Waals surface area (Å²) in [5, 5.41) is 18.1. The number of hydrogen-bond acceptors (Lipinski definition) is 17. The van der Waals surface area contributed by atoms with Crippen molar-refractivity contribution < 1.29 is 40.2 Å². The Morgan fingerprint density at radius 3 is 1.19 bits per heavy atom. The van der Waals surface area contributed by atoms with Crippen LogP contribution in [0.15, 0.2) is 72.5 Å². The van der Waals surface area contributed by atoms with Gasteiger partial charge in [-0.1, -0.05) is 171 Å². The molecule has 582 valence electrons. The van der Waals surface area contributed by atoms with Gasteiger partial charge >= 0.3 is 27.0 Å². The van der Waals surface area contributed by atoms with Gasteiger partial charge in [0.15, 0.2) is 11.6 Å². The Hall–Kier alpha value is -7.27. The molecule has 0 saturated heterocycles. The topological polar surface area (TPSA) is 256 Å². The van der Waals surface area contributed by atoms with E-state index in [9.17, 15) is 14.4 Å². The smallest absolute Gasteiger partial charge is 0.572 e. The molecule has 7 aromatic rings. The van der Waals surface area contributed by atoms with E-state index in [0.717, 1.165) is 91.5 Å². The van der Waals surface area contributed by atoms with E-state index in [-0.39, 0.29) is 88.6 Å². The number of Topliss-reactive ketones (excluding diaryl/α,β-unsaturated/α-hetero) is 2. The molecule has 0 amide bonds.